The Hall–Kier alpha value is -2.08. The van der Waals surface area contributed by atoms with Gasteiger partial charge in [0.15, 0.2) is 6.10 Å². The maximum absolute atomic E-state index is 11.6. The number of hydrogen-bond acceptors (Lipinski definition) is 4. The molecule has 0 saturated heterocycles. The van der Waals surface area contributed by atoms with E-state index in [-0.39, 0.29) is 4.48 Å². The summed E-state index contributed by atoms with van der Waals surface area (Å²) in [5.74, 6) is -3.09. The van der Waals surface area contributed by atoms with Gasteiger partial charge in [0.1, 0.15) is 5.75 Å². The maximum Gasteiger partial charge on any atom is 0.366 e. The van der Waals surface area contributed by atoms with E-state index in [0.717, 1.165) is 0 Å². The molecule has 21 heavy (non-hydrogen) atoms. The monoisotopic (exact) mass is 295 g/mol. The molecule has 0 aliphatic rings. The Kier molecular flexibility index (Phi) is 5.32. The van der Waals surface area contributed by atoms with E-state index in [4.69, 9.17) is 4.74 Å². The molecular formula is C15H21NO5. The quantitative estimate of drug-likeness (QED) is 0.714. The van der Waals surface area contributed by atoms with Crippen LogP contribution in [-0.2, 0) is 9.59 Å². The molecule has 0 heterocycles. The third kappa shape index (κ3) is 4.46. The van der Waals surface area contributed by atoms with Crippen molar-refractivity contribution in [1.29, 1.82) is 0 Å². The fourth-order valence-corrected chi connectivity index (χ4v) is 2.14. The predicted octanol–water partition coefficient (Wildman–Crippen LogP) is -0.0206. The van der Waals surface area contributed by atoms with Crippen LogP contribution in [0.3, 0.4) is 0 Å². The van der Waals surface area contributed by atoms with Crippen LogP contribution < -0.4 is 9.84 Å². The minimum atomic E-state index is -1.34. The van der Waals surface area contributed by atoms with E-state index < -0.39 is 30.0 Å². The number of carbonyl (C=O) groups is 2. The molecule has 1 aromatic rings. The number of carbonyl (C=O) groups excluding carboxylic acids is 1. The summed E-state index contributed by atoms with van der Waals surface area (Å²) in [6.45, 7) is 1.40. The Bertz CT molecular complexity index is 495. The lowest BCUT2D eigenvalue weighted by Gasteiger charge is -2.38. The van der Waals surface area contributed by atoms with Gasteiger partial charge >= 0.3 is 5.97 Å². The highest BCUT2D eigenvalue weighted by molar-refractivity contribution is 5.76. The number of rotatable bonds is 7. The number of carboxylic acid groups (broad SMARTS) is 2. The average molecular weight is 295 g/mol. The van der Waals surface area contributed by atoms with Crippen molar-refractivity contribution >= 4 is 11.9 Å². The van der Waals surface area contributed by atoms with Gasteiger partial charge in [-0.05, 0) is 12.1 Å². The van der Waals surface area contributed by atoms with Crippen molar-refractivity contribution in [2.45, 2.75) is 19.1 Å². The zero-order valence-corrected chi connectivity index (χ0v) is 12.6. The molecule has 6 nitrogen and oxygen atoms in total. The fourth-order valence-electron chi connectivity index (χ4n) is 2.14. The first-order valence-corrected chi connectivity index (χ1v) is 6.61. The molecule has 0 saturated carbocycles. The highest BCUT2D eigenvalue weighted by Crippen LogP contribution is 2.22. The van der Waals surface area contributed by atoms with E-state index in [1.165, 1.54) is 6.92 Å². The second kappa shape index (κ2) is 6.58. The van der Waals surface area contributed by atoms with Crippen molar-refractivity contribution in [3.05, 3.63) is 30.3 Å². The molecule has 3 atom stereocenters. The van der Waals surface area contributed by atoms with Gasteiger partial charge < -0.3 is 24.2 Å². The summed E-state index contributed by atoms with van der Waals surface area (Å²) in [4.78, 5) is 22.8. The van der Waals surface area contributed by atoms with Gasteiger partial charge in [-0.25, -0.2) is 4.79 Å². The van der Waals surface area contributed by atoms with E-state index in [9.17, 15) is 19.8 Å². The molecule has 0 amide bonds. The molecular weight excluding hydrogens is 274 g/mol. The van der Waals surface area contributed by atoms with Crippen LogP contribution in [0.1, 0.15) is 6.92 Å². The molecule has 0 aliphatic heterocycles. The van der Waals surface area contributed by atoms with Crippen molar-refractivity contribution in [3.8, 4) is 5.75 Å². The number of nitrogens with zero attached hydrogens (tertiary/aromatic N) is 1. The molecule has 3 unspecified atom stereocenters. The first-order chi connectivity index (χ1) is 9.64. The number of aliphatic carboxylic acids is 2. The Morgan fingerprint density at radius 2 is 1.71 bits per heavy atom. The number of para-hydroxylation sites is 1. The Morgan fingerprint density at radius 1 is 1.19 bits per heavy atom. The summed E-state index contributed by atoms with van der Waals surface area (Å²) >= 11 is 0. The fraction of sp³-hybridized carbons (Fsp3) is 0.467. The number of hydrogen-bond donors (Lipinski definition) is 1. The Balaban J connectivity index is 3.17. The topological polar surface area (TPSA) is 86.7 Å². The van der Waals surface area contributed by atoms with E-state index in [2.05, 4.69) is 0 Å². The molecule has 116 valence electrons. The molecule has 0 radical (unpaired) electrons. The summed E-state index contributed by atoms with van der Waals surface area (Å²) in [5.41, 5.74) is 0. The minimum Gasteiger partial charge on any atom is -0.550 e. The zero-order valence-electron chi connectivity index (χ0n) is 12.6. The van der Waals surface area contributed by atoms with Crippen LogP contribution >= 0.6 is 0 Å². The van der Waals surface area contributed by atoms with Crippen LogP contribution in [0.25, 0.3) is 0 Å². The van der Waals surface area contributed by atoms with Crippen LogP contribution in [0.4, 0.5) is 0 Å². The second-order valence-electron chi connectivity index (χ2n) is 5.90. The molecule has 0 aliphatic carbocycles. The Labute approximate surface area is 124 Å². The number of ether oxygens (including phenoxy) is 1. The Morgan fingerprint density at radius 3 is 2.10 bits per heavy atom. The summed E-state index contributed by atoms with van der Waals surface area (Å²) < 4.78 is 5.70. The van der Waals surface area contributed by atoms with Gasteiger partial charge in [0.05, 0.1) is 21.1 Å². The SMILES string of the molecule is CC(C(=O)[O-])C(Oc1ccccc1)C(C(=O)O)[N+](C)(C)C. The first kappa shape index (κ1) is 17.0. The number of quaternary nitrogens is 1. The van der Waals surface area contributed by atoms with Crippen molar-refractivity contribution in [2.75, 3.05) is 21.1 Å². The summed E-state index contributed by atoms with van der Waals surface area (Å²) in [5, 5.41) is 20.7. The first-order valence-electron chi connectivity index (χ1n) is 6.61. The summed E-state index contributed by atoms with van der Waals surface area (Å²) in [6, 6.07) is 7.53. The number of likely N-dealkylation sites (N-methyl/N-ethyl adjacent to an activating group) is 1. The summed E-state index contributed by atoms with van der Waals surface area (Å²) in [6.07, 6.45) is -1.05. The highest BCUT2D eigenvalue weighted by Gasteiger charge is 2.44. The smallest absolute Gasteiger partial charge is 0.366 e. The largest absolute Gasteiger partial charge is 0.550 e. The molecule has 1 N–H and O–H groups in total. The lowest BCUT2D eigenvalue weighted by molar-refractivity contribution is -0.890. The molecule has 1 aromatic carbocycles. The lowest BCUT2D eigenvalue weighted by Crippen LogP contribution is -2.61. The molecule has 0 aromatic heterocycles. The van der Waals surface area contributed by atoms with Crippen molar-refractivity contribution in [1.82, 2.24) is 0 Å². The molecule has 6 heteroatoms. The molecule has 1 rings (SSSR count). The average Bonchev–Trinajstić information content (AvgIpc) is 2.36. The molecule has 0 fully saturated rings. The third-order valence-corrected chi connectivity index (χ3v) is 3.28. The lowest BCUT2D eigenvalue weighted by atomic mass is 9.95. The van der Waals surface area contributed by atoms with Gasteiger partial charge in [-0.3, -0.25) is 0 Å². The number of carboxylic acids is 2. The van der Waals surface area contributed by atoms with Gasteiger partial charge in [0.2, 0.25) is 6.04 Å². The van der Waals surface area contributed by atoms with Crippen LogP contribution in [0.2, 0.25) is 0 Å². The predicted molar refractivity (Wildman–Crippen MR) is 74.5 cm³/mol. The van der Waals surface area contributed by atoms with E-state index in [0.29, 0.717) is 5.75 Å². The number of benzene rings is 1. The standard InChI is InChI=1S/C15H21NO5/c1-10(14(17)18)13(12(15(19)20)16(2,3)4)21-11-8-6-5-7-9-11/h5-10,12-13H,1-4H3,(H-,17,18,19,20). The summed E-state index contributed by atoms with van der Waals surface area (Å²) in [7, 11) is 5.05. The van der Waals surface area contributed by atoms with Crippen LogP contribution in [0.15, 0.2) is 30.3 Å². The molecule has 0 spiro atoms. The van der Waals surface area contributed by atoms with E-state index >= 15 is 0 Å². The van der Waals surface area contributed by atoms with Gasteiger partial charge in [-0.1, -0.05) is 25.1 Å². The van der Waals surface area contributed by atoms with E-state index in [1.807, 2.05) is 0 Å². The molecule has 0 bridgehead atoms. The van der Waals surface area contributed by atoms with Crippen molar-refractivity contribution in [2.24, 2.45) is 5.92 Å². The second-order valence-corrected chi connectivity index (χ2v) is 5.90. The van der Waals surface area contributed by atoms with Crippen molar-refractivity contribution < 1.29 is 29.0 Å². The zero-order chi connectivity index (χ0) is 16.2. The van der Waals surface area contributed by atoms with Crippen LogP contribution in [0, 0.1) is 5.92 Å². The van der Waals surface area contributed by atoms with Crippen LogP contribution in [-0.4, -0.2) is 54.8 Å². The van der Waals surface area contributed by atoms with Crippen LogP contribution in [0.5, 0.6) is 5.75 Å². The maximum atomic E-state index is 11.6. The van der Waals surface area contributed by atoms with Gasteiger partial charge in [0.25, 0.3) is 0 Å². The normalized spacial score (nSPS) is 15.8. The van der Waals surface area contributed by atoms with Crippen molar-refractivity contribution in [3.63, 3.8) is 0 Å². The van der Waals surface area contributed by atoms with E-state index in [1.54, 1.807) is 51.5 Å². The highest BCUT2D eigenvalue weighted by atomic mass is 16.5. The third-order valence-electron chi connectivity index (χ3n) is 3.28. The van der Waals surface area contributed by atoms with Gasteiger partial charge in [-0.15, -0.1) is 0 Å². The van der Waals surface area contributed by atoms with Gasteiger partial charge in [-0.2, -0.15) is 0 Å². The van der Waals surface area contributed by atoms with Gasteiger partial charge in [0, 0.05) is 11.9 Å². The minimum absolute atomic E-state index is 0.0322.